The van der Waals surface area contributed by atoms with Crippen LogP contribution in [0.4, 0.5) is 21.3 Å². The Morgan fingerprint density at radius 3 is 2.65 bits per heavy atom. The first-order valence-electron chi connectivity index (χ1n) is 9.28. The van der Waals surface area contributed by atoms with Crippen LogP contribution in [0.25, 0.3) is 0 Å². The maximum atomic E-state index is 12.6. The van der Waals surface area contributed by atoms with E-state index in [1.54, 1.807) is 35.4 Å². The van der Waals surface area contributed by atoms with Crippen molar-refractivity contribution in [1.29, 1.82) is 0 Å². The molecule has 0 saturated carbocycles. The number of nitrogens with one attached hydrogen (secondary N) is 2. The summed E-state index contributed by atoms with van der Waals surface area (Å²) in [7, 11) is 0. The molecule has 1 aromatic heterocycles. The van der Waals surface area contributed by atoms with E-state index >= 15 is 0 Å². The topological polar surface area (TPSA) is 97.8 Å². The molecular weight excluding hydrogens is 458 g/mol. The van der Waals surface area contributed by atoms with Crippen molar-refractivity contribution >= 4 is 63.1 Å². The quantitative estimate of drug-likeness (QED) is 0.465. The van der Waals surface area contributed by atoms with Crippen LogP contribution >= 0.6 is 34.7 Å². The van der Waals surface area contributed by atoms with Crippen LogP contribution in [0.3, 0.4) is 0 Å². The number of piperazine rings is 1. The van der Waals surface area contributed by atoms with Crippen molar-refractivity contribution in [2.24, 2.45) is 0 Å². The highest BCUT2D eigenvalue weighted by molar-refractivity contribution is 8.01. The molecule has 1 aliphatic rings. The zero-order chi connectivity index (χ0) is 21.8. The summed E-state index contributed by atoms with van der Waals surface area (Å²) < 4.78 is 0.902. The number of benzene rings is 2. The van der Waals surface area contributed by atoms with Crippen LogP contribution in [0.2, 0.25) is 5.02 Å². The molecule has 1 fully saturated rings. The Morgan fingerprint density at radius 2 is 1.94 bits per heavy atom. The number of carbonyl (C=O) groups is 2. The van der Waals surface area contributed by atoms with Crippen LogP contribution in [0.1, 0.15) is 0 Å². The number of aromatic nitrogens is 1. The Bertz CT molecular complexity index is 1090. The Balaban J connectivity index is 1.34. The van der Waals surface area contributed by atoms with Crippen LogP contribution in [0.15, 0.2) is 63.8 Å². The molecule has 160 valence electrons. The lowest BCUT2D eigenvalue weighted by Crippen LogP contribution is -2.53. The zero-order valence-corrected chi connectivity index (χ0v) is 18.5. The Hall–Kier alpha value is -2.79. The molecule has 0 radical (unpaired) electrons. The van der Waals surface area contributed by atoms with Crippen LogP contribution in [-0.2, 0) is 4.79 Å². The van der Waals surface area contributed by atoms with Gasteiger partial charge in [-0.1, -0.05) is 46.8 Å². The predicted molar refractivity (Wildman–Crippen MR) is 122 cm³/mol. The summed E-state index contributed by atoms with van der Waals surface area (Å²) in [5.74, 6) is -0.189. The van der Waals surface area contributed by atoms with Crippen molar-refractivity contribution in [3.05, 3.63) is 59.8 Å². The van der Waals surface area contributed by atoms with Crippen LogP contribution in [0.5, 0.6) is 0 Å². The first-order chi connectivity index (χ1) is 15.0. The van der Waals surface area contributed by atoms with Crippen LogP contribution in [0, 0.1) is 0 Å². The summed E-state index contributed by atoms with van der Waals surface area (Å²) in [6.45, 7) is 0.726. The summed E-state index contributed by atoms with van der Waals surface area (Å²) in [6.07, 6.45) is 1.68. The van der Waals surface area contributed by atoms with Crippen molar-refractivity contribution in [3.63, 3.8) is 0 Å². The summed E-state index contributed by atoms with van der Waals surface area (Å²) >= 11 is 9.04. The molecule has 0 unspecified atom stereocenters. The van der Waals surface area contributed by atoms with E-state index in [2.05, 4.69) is 15.8 Å². The second kappa shape index (κ2) is 9.56. The predicted octanol–water partition coefficient (Wildman–Crippen LogP) is 4.63. The number of hydrogen-bond donors (Lipinski definition) is 3. The van der Waals surface area contributed by atoms with Gasteiger partial charge in [-0.05, 0) is 36.4 Å². The maximum Gasteiger partial charge on any atom is 0.324 e. The Morgan fingerprint density at radius 1 is 1.16 bits per heavy atom. The van der Waals surface area contributed by atoms with E-state index in [1.165, 1.54) is 28.0 Å². The first-order valence-corrected chi connectivity index (χ1v) is 11.3. The standard InChI is InChI=1S/C20H18ClN5O3S2/c21-15-3-1-2-4-16(15)26-10-9-25(12-17(26)27)20(28)23-19-22-11-18(31-19)30-14-7-5-13(24-29)6-8-14/h1-8,11,24,29H,9-10,12H2,(H,22,23,28). The van der Waals surface area contributed by atoms with E-state index in [-0.39, 0.29) is 18.5 Å². The second-order valence-corrected chi connectivity index (χ2v) is 9.38. The van der Waals surface area contributed by atoms with E-state index in [4.69, 9.17) is 16.8 Å². The molecule has 2 heterocycles. The molecule has 1 saturated heterocycles. The lowest BCUT2D eigenvalue weighted by atomic mass is 10.2. The summed E-state index contributed by atoms with van der Waals surface area (Å²) in [5.41, 5.74) is 3.34. The third kappa shape index (κ3) is 5.10. The van der Waals surface area contributed by atoms with Gasteiger partial charge in [-0.15, -0.1) is 0 Å². The number of anilines is 3. The molecule has 8 nitrogen and oxygen atoms in total. The zero-order valence-electron chi connectivity index (χ0n) is 16.1. The van der Waals surface area contributed by atoms with Gasteiger partial charge in [0, 0.05) is 18.0 Å². The lowest BCUT2D eigenvalue weighted by molar-refractivity contribution is -0.120. The van der Waals surface area contributed by atoms with Crippen molar-refractivity contribution in [3.8, 4) is 0 Å². The highest BCUT2D eigenvalue weighted by Gasteiger charge is 2.29. The fraction of sp³-hybridized carbons (Fsp3) is 0.150. The fourth-order valence-electron chi connectivity index (χ4n) is 3.02. The van der Waals surface area contributed by atoms with E-state index in [0.29, 0.717) is 34.6 Å². The summed E-state index contributed by atoms with van der Waals surface area (Å²) in [4.78, 5) is 33.5. The molecule has 3 amide bonds. The van der Waals surface area contributed by atoms with Gasteiger partial charge in [0.2, 0.25) is 5.91 Å². The normalized spacial score (nSPS) is 13.9. The number of urea groups is 1. The molecule has 31 heavy (non-hydrogen) atoms. The minimum atomic E-state index is -0.364. The number of para-hydroxylation sites is 1. The number of carbonyl (C=O) groups excluding carboxylic acids is 2. The van der Waals surface area contributed by atoms with Crippen molar-refractivity contribution in [2.75, 3.05) is 35.3 Å². The van der Waals surface area contributed by atoms with Crippen molar-refractivity contribution in [1.82, 2.24) is 9.88 Å². The van der Waals surface area contributed by atoms with Gasteiger partial charge in [0.05, 0.1) is 26.8 Å². The minimum Gasteiger partial charge on any atom is -0.313 e. The van der Waals surface area contributed by atoms with E-state index in [1.807, 2.05) is 24.3 Å². The van der Waals surface area contributed by atoms with Gasteiger partial charge in [0.15, 0.2) is 5.13 Å². The fourth-order valence-corrected chi connectivity index (χ4v) is 5.10. The smallest absolute Gasteiger partial charge is 0.313 e. The van der Waals surface area contributed by atoms with Crippen LogP contribution < -0.4 is 15.7 Å². The number of hydrogen-bond acceptors (Lipinski definition) is 7. The van der Waals surface area contributed by atoms with Crippen molar-refractivity contribution < 1.29 is 14.8 Å². The number of halogens is 1. The van der Waals surface area contributed by atoms with E-state index in [0.717, 1.165) is 9.10 Å². The average molecular weight is 476 g/mol. The average Bonchev–Trinajstić information content (AvgIpc) is 3.21. The van der Waals surface area contributed by atoms with E-state index < -0.39 is 0 Å². The molecule has 0 aliphatic carbocycles. The molecule has 11 heteroatoms. The van der Waals surface area contributed by atoms with Gasteiger partial charge >= 0.3 is 6.03 Å². The lowest BCUT2D eigenvalue weighted by Gasteiger charge is -2.34. The van der Waals surface area contributed by atoms with Gasteiger partial charge in [-0.2, -0.15) is 0 Å². The van der Waals surface area contributed by atoms with Gasteiger partial charge in [0.25, 0.3) is 0 Å². The van der Waals surface area contributed by atoms with E-state index in [9.17, 15) is 9.59 Å². The Kier molecular flexibility index (Phi) is 6.62. The molecule has 1 aliphatic heterocycles. The molecule has 4 rings (SSSR count). The molecule has 0 atom stereocenters. The monoisotopic (exact) mass is 475 g/mol. The first kappa shape index (κ1) is 21.4. The highest BCUT2D eigenvalue weighted by atomic mass is 35.5. The third-order valence-corrected chi connectivity index (χ3v) is 6.89. The molecule has 0 spiro atoms. The number of amides is 3. The molecule has 0 bridgehead atoms. The molecule has 3 aromatic rings. The Labute approximate surface area is 191 Å². The van der Waals surface area contributed by atoms with Gasteiger partial charge in [0.1, 0.15) is 6.54 Å². The van der Waals surface area contributed by atoms with Gasteiger partial charge in [-0.25, -0.2) is 9.78 Å². The SMILES string of the molecule is O=C(Nc1ncc(Sc2ccc(NO)cc2)s1)N1CCN(c2ccccc2Cl)C(=O)C1. The highest BCUT2D eigenvalue weighted by Crippen LogP contribution is 2.34. The third-order valence-electron chi connectivity index (χ3n) is 4.55. The maximum absolute atomic E-state index is 12.6. The molecule has 2 aromatic carbocycles. The second-order valence-electron chi connectivity index (χ2n) is 6.57. The number of nitrogens with zero attached hydrogens (tertiary/aromatic N) is 3. The number of rotatable bonds is 5. The minimum absolute atomic E-state index is 0.0325. The summed E-state index contributed by atoms with van der Waals surface area (Å²) in [5, 5.41) is 12.6. The van der Waals surface area contributed by atoms with Gasteiger partial charge in [-0.3, -0.25) is 20.8 Å². The summed E-state index contributed by atoms with van der Waals surface area (Å²) in [6, 6.07) is 14.0. The van der Waals surface area contributed by atoms with Gasteiger partial charge < -0.3 is 9.80 Å². The van der Waals surface area contributed by atoms with Crippen molar-refractivity contribution in [2.45, 2.75) is 9.10 Å². The molecular formula is C20H18ClN5O3S2. The number of thiazole rings is 1. The van der Waals surface area contributed by atoms with Crippen LogP contribution in [-0.4, -0.2) is 46.7 Å². The molecule has 3 N–H and O–H groups in total. The largest absolute Gasteiger partial charge is 0.324 e.